The van der Waals surface area contributed by atoms with E-state index in [1.165, 1.54) is 13.1 Å². The van der Waals surface area contributed by atoms with Crippen LogP contribution >= 0.6 is 11.3 Å². The third-order valence-electron chi connectivity index (χ3n) is 9.24. The molecule has 7 rings (SSSR count). The highest BCUT2D eigenvalue weighted by Crippen LogP contribution is 2.48. The van der Waals surface area contributed by atoms with Crippen molar-refractivity contribution in [2.24, 2.45) is 5.41 Å². The molecule has 2 aliphatic carbocycles. The van der Waals surface area contributed by atoms with Gasteiger partial charge in [-0.3, -0.25) is 9.20 Å². The van der Waals surface area contributed by atoms with E-state index in [-0.39, 0.29) is 39.4 Å². The van der Waals surface area contributed by atoms with E-state index in [0.29, 0.717) is 49.6 Å². The highest BCUT2D eigenvalue weighted by Gasteiger charge is 2.52. The number of hydrogen-bond acceptors (Lipinski definition) is 10. The van der Waals surface area contributed by atoms with Crippen LogP contribution in [-0.4, -0.2) is 71.4 Å². The Labute approximate surface area is 252 Å². The number of fused-ring (bicyclic) bond motifs is 1. The Kier molecular flexibility index (Phi) is 6.84. The van der Waals surface area contributed by atoms with Crippen molar-refractivity contribution < 1.29 is 31.5 Å². The second kappa shape index (κ2) is 10.1. The molecule has 2 aliphatic heterocycles. The number of nitrogens with one attached hydrogen (secondary N) is 1. The van der Waals surface area contributed by atoms with Crippen LogP contribution in [0, 0.1) is 5.41 Å². The minimum absolute atomic E-state index is 0.0682. The molecule has 1 spiro atoms. The molecule has 0 radical (unpaired) electrons. The third-order valence-corrected chi connectivity index (χ3v) is 11.8. The van der Waals surface area contributed by atoms with Crippen molar-refractivity contribution in [3.8, 4) is 10.7 Å². The summed E-state index contributed by atoms with van der Waals surface area (Å²) in [6.45, 7) is 6.80. The number of nitrogens with zero attached hydrogens (tertiary/aromatic N) is 5. The zero-order valence-electron chi connectivity index (χ0n) is 24.2. The Balaban J connectivity index is 1.33. The minimum atomic E-state index is -3.92. The number of halogens is 2. The molecule has 3 aromatic heterocycles. The van der Waals surface area contributed by atoms with Crippen LogP contribution in [0.5, 0.6) is 0 Å². The fourth-order valence-corrected chi connectivity index (χ4v) is 8.66. The maximum Gasteiger partial charge on any atom is 0.303 e. The summed E-state index contributed by atoms with van der Waals surface area (Å²) in [6.07, 6.45) is 2.85. The van der Waals surface area contributed by atoms with E-state index < -0.39 is 27.0 Å². The van der Waals surface area contributed by atoms with E-state index in [9.17, 15) is 22.0 Å². The molecule has 3 aromatic rings. The monoisotopic (exact) mass is 636 g/mol. The standard InChI is InChI=1S/C28H34F2N6O5S2/c1-15-22(41-16(2)37)28(14-40-15)8-10-35(11-9-28)19-12-18(43(38,39)34-27(3)6-7-27)13-36-21(20(17-4-5-17)31-24(19)36)25-32-33-26(42-25)23(29)30/h12-13,15,17,22-23,34H,4-11,14H2,1-3H3/t15-,22?/m0/s1. The Morgan fingerprint density at radius 3 is 2.53 bits per heavy atom. The van der Waals surface area contributed by atoms with Crippen LogP contribution < -0.4 is 9.62 Å². The molecule has 2 atom stereocenters. The average molecular weight is 637 g/mol. The summed E-state index contributed by atoms with van der Waals surface area (Å²) in [6, 6.07) is 1.66. The van der Waals surface area contributed by atoms with Crippen molar-refractivity contribution in [1.82, 2.24) is 24.3 Å². The quantitative estimate of drug-likeness (QED) is 0.357. The van der Waals surface area contributed by atoms with E-state index in [1.807, 2.05) is 13.8 Å². The van der Waals surface area contributed by atoms with Crippen LogP contribution in [0.4, 0.5) is 14.5 Å². The van der Waals surface area contributed by atoms with Gasteiger partial charge in [-0.25, -0.2) is 26.9 Å². The maximum absolute atomic E-state index is 13.7. The molecule has 1 unspecified atom stereocenters. The Morgan fingerprint density at radius 1 is 1.21 bits per heavy atom. The van der Waals surface area contributed by atoms with Gasteiger partial charge >= 0.3 is 5.97 Å². The largest absolute Gasteiger partial charge is 0.459 e. The summed E-state index contributed by atoms with van der Waals surface area (Å²) in [5.74, 6) is -0.207. The van der Waals surface area contributed by atoms with Gasteiger partial charge in [-0.2, -0.15) is 0 Å². The predicted molar refractivity (Wildman–Crippen MR) is 154 cm³/mol. The lowest BCUT2D eigenvalue weighted by molar-refractivity contribution is -0.154. The smallest absolute Gasteiger partial charge is 0.303 e. The van der Waals surface area contributed by atoms with Crippen LogP contribution in [0.1, 0.15) is 82.3 Å². The molecular weight excluding hydrogens is 602 g/mol. The second-order valence-electron chi connectivity index (χ2n) is 12.7. The first kappa shape index (κ1) is 29.0. The number of pyridine rings is 1. The SMILES string of the molecule is CC(=O)OC1[C@H](C)OCC12CCN(c1cc(S(=O)(=O)NC3(C)CC3)cn3c(-c4nnc(C(F)F)s4)c(C4CC4)nc13)CC2. The lowest BCUT2D eigenvalue weighted by Crippen LogP contribution is -2.48. The molecule has 5 heterocycles. The van der Waals surface area contributed by atoms with Gasteiger partial charge in [-0.05, 0) is 58.4 Å². The fourth-order valence-electron chi connectivity index (χ4n) is 6.43. The van der Waals surface area contributed by atoms with Crippen molar-refractivity contribution in [3.63, 3.8) is 0 Å². The van der Waals surface area contributed by atoms with Crippen LogP contribution in [0.2, 0.25) is 0 Å². The van der Waals surface area contributed by atoms with Gasteiger partial charge in [0.1, 0.15) is 16.7 Å². The Hall–Kier alpha value is -2.75. The van der Waals surface area contributed by atoms with Crippen molar-refractivity contribution in [2.45, 2.75) is 94.3 Å². The van der Waals surface area contributed by atoms with Crippen molar-refractivity contribution in [2.75, 3.05) is 24.6 Å². The van der Waals surface area contributed by atoms with Gasteiger partial charge < -0.3 is 14.4 Å². The molecule has 2 saturated carbocycles. The molecule has 0 aromatic carbocycles. The van der Waals surface area contributed by atoms with Gasteiger partial charge in [0.2, 0.25) is 10.0 Å². The van der Waals surface area contributed by atoms with E-state index in [0.717, 1.165) is 42.7 Å². The number of ether oxygens (including phenoxy) is 2. The fraction of sp³-hybridized carbons (Fsp3) is 0.643. The molecule has 2 saturated heterocycles. The normalized spacial score (nSPS) is 24.7. The summed E-state index contributed by atoms with van der Waals surface area (Å²) >= 11 is 0.798. The first-order valence-electron chi connectivity index (χ1n) is 14.6. The summed E-state index contributed by atoms with van der Waals surface area (Å²) in [4.78, 5) is 19.1. The lowest BCUT2D eigenvalue weighted by atomic mass is 9.74. The second-order valence-corrected chi connectivity index (χ2v) is 15.4. The highest BCUT2D eigenvalue weighted by atomic mass is 32.2. The topological polar surface area (TPSA) is 128 Å². The van der Waals surface area contributed by atoms with Crippen LogP contribution in [0.15, 0.2) is 17.2 Å². The van der Waals surface area contributed by atoms with Gasteiger partial charge in [0, 0.05) is 43.1 Å². The van der Waals surface area contributed by atoms with Crippen molar-refractivity contribution in [1.29, 1.82) is 0 Å². The number of carbonyl (C=O) groups excluding carboxylic acids is 1. The van der Waals surface area contributed by atoms with Gasteiger partial charge in [0.25, 0.3) is 6.43 Å². The molecule has 4 fully saturated rings. The first-order valence-corrected chi connectivity index (χ1v) is 16.9. The lowest BCUT2D eigenvalue weighted by Gasteiger charge is -2.42. The highest BCUT2D eigenvalue weighted by molar-refractivity contribution is 7.89. The Bertz CT molecular complexity index is 1690. The summed E-state index contributed by atoms with van der Waals surface area (Å²) < 4.78 is 70.6. The van der Waals surface area contributed by atoms with Gasteiger partial charge in [0.15, 0.2) is 15.7 Å². The molecule has 43 heavy (non-hydrogen) atoms. The molecular formula is C28H34F2N6O5S2. The number of hydrogen-bond donors (Lipinski definition) is 1. The van der Waals surface area contributed by atoms with E-state index >= 15 is 0 Å². The molecule has 11 nitrogen and oxygen atoms in total. The van der Waals surface area contributed by atoms with Crippen LogP contribution in [0.25, 0.3) is 16.3 Å². The molecule has 0 bridgehead atoms. The first-order chi connectivity index (χ1) is 20.4. The molecule has 15 heteroatoms. The number of piperidine rings is 1. The maximum atomic E-state index is 13.7. The van der Waals surface area contributed by atoms with Gasteiger partial charge in [0.05, 0.1) is 24.1 Å². The summed E-state index contributed by atoms with van der Waals surface area (Å²) in [5.41, 5.74) is 1.60. The van der Waals surface area contributed by atoms with Gasteiger partial charge in [-0.15, -0.1) is 10.2 Å². The zero-order chi connectivity index (χ0) is 30.3. The van der Waals surface area contributed by atoms with Crippen LogP contribution in [0.3, 0.4) is 0 Å². The minimum Gasteiger partial charge on any atom is -0.459 e. The third kappa shape index (κ3) is 5.21. The molecule has 0 amide bonds. The molecule has 1 N–H and O–H groups in total. The molecule has 232 valence electrons. The van der Waals surface area contributed by atoms with Crippen molar-refractivity contribution >= 4 is 38.7 Å². The Morgan fingerprint density at radius 2 is 1.93 bits per heavy atom. The summed E-state index contributed by atoms with van der Waals surface area (Å²) in [5, 5.41) is 7.68. The van der Waals surface area contributed by atoms with E-state index in [4.69, 9.17) is 14.5 Å². The van der Waals surface area contributed by atoms with Gasteiger partial charge in [-0.1, -0.05) is 11.3 Å². The number of aromatic nitrogens is 4. The number of sulfonamides is 1. The number of carbonyl (C=O) groups is 1. The summed E-state index contributed by atoms with van der Waals surface area (Å²) in [7, 11) is -3.92. The average Bonchev–Trinajstić information content (AvgIpc) is 3.80. The van der Waals surface area contributed by atoms with E-state index in [2.05, 4.69) is 19.8 Å². The number of alkyl halides is 2. The number of anilines is 1. The van der Waals surface area contributed by atoms with Crippen LogP contribution in [-0.2, 0) is 24.3 Å². The molecule has 4 aliphatic rings. The number of esters is 1. The predicted octanol–water partition coefficient (Wildman–Crippen LogP) is 4.44. The number of rotatable bonds is 8. The van der Waals surface area contributed by atoms with Crippen molar-refractivity contribution in [3.05, 3.63) is 23.0 Å². The zero-order valence-corrected chi connectivity index (χ0v) is 25.8. The van der Waals surface area contributed by atoms with E-state index in [1.54, 1.807) is 10.5 Å². The number of imidazole rings is 1.